The molecule has 0 aliphatic heterocycles. The van der Waals surface area contributed by atoms with Gasteiger partial charge in [-0.25, -0.2) is 0 Å². The Kier molecular flexibility index (Phi) is 5.14. The summed E-state index contributed by atoms with van der Waals surface area (Å²) in [5.74, 6) is -0.536. The molecule has 2 aromatic carbocycles. The van der Waals surface area contributed by atoms with Crippen LogP contribution in [0.1, 0.15) is 20.7 Å². The average molecular weight is 412 g/mol. The number of carbonyl (C=O) groups is 2. The molecule has 0 saturated carbocycles. The number of halogens is 2. The second kappa shape index (κ2) is 6.87. The maximum atomic E-state index is 12.3. The number of benzene rings is 2. The number of nitrogens with one attached hydrogen (secondary N) is 2. The standard InChI is InChI=1S/C15H12Br2N2O2/c1-18-14(20)11-4-2-3-5-13(11)19-15(21)10-7-6-9(16)8-12(10)17/h2-8H,1H3,(H,18,20)(H,19,21). The summed E-state index contributed by atoms with van der Waals surface area (Å²) in [6.45, 7) is 0. The zero-order chi connectivity index (χ0) is 15.4. The second-order valence-corrected chi connectivity index (χ2v) is 5.97. The summed E-state index contributed by atoms with van der Waals surface area (Å²) in [4.78, 5) is 24.1. The summed E-state index contributed by atoms with van der Waals surface area (Å²) in [6.07, 6.45) is 0. The van der Waals surface area contributed by atoms with E-state index >= 15 is 0 Å². The first-order valence-electron chi connectivity index (χ1n) is 6.10. The van der Waals surface area contributed by atoms with Gasteiger partial charge in [0, 0.05) is 16.0 Å². The molecule has 4 nitrogen and oxygen atoms in total. The third kappa shape index (κ3) is 3.71. The lowest BCUT2D eigenvalue weighted by molar-refractivity contribution is 0.0964. The summed E-state index contributed by atoms with van der Waals surface area (Å²) in [7, 11) is 1.55. The van der Waals surface area contributed by atoms with Gasteiger partial charge in [-0.15, -0.1) is 0 Å². The Hall–Kier alpha value is -1.66. The number of amides is 2. The Balaban J connectivity index is 2.30. The van der Waals surface area contributed by atoms with Crippen molar-refractivity contribution in [1.82, 2.24) is 5.32 Å². The molecular weight excluding hydrogens is 400 g/mol. The van der Waals surface area contributed by atoms with Gasteiger partial charge in [-0.05, 0) is 46.3 Å². The van der Waals surface area contributed by atoms with Crippen LogP contribution in [0.15, 0.2) is 51.4 Å². The fraction of sp³-hybridized carbons (Fsp3) is 0.0667. The van der Waals surface area contributed by atoms with Gasteiger partial charge < -0.3 is 10.6 Å². The first-order chi connectivity index (χ1) is 10.0. The highest BCUT2D eigenvalue weighted by Crippen LogP contribution is 2.23. The number of hydrogen-bond acceptors (Lipinski definition) is 2. The topological polar surface area (TPSA) is 58.2 Å². The molecule has 2 N–H and O–H groups in total. The molecule has 6 heteroatoms. The van der Waals surface area contributed by atoms with Gasteiger partial charge >= 0.3 is 0 Å². The molecular formula is C15H12Br2N2O2. The highest BCUT2D eigenvalue weighted by atomic mass is 79.9. The van der Waals surface area contributed by atoms with Crippen LogP contribution in [-0.4, -0.2) is 18.9 Å². The monoisotopic (exact) mass is 410 g/mol. The van der Waals surface area contributed by atoms with E-state index in [9.17, 15) is 9.59 Å². The summed E-state index contributed by atoms with van der Waals surface area (Å²) in [5, 5.41) is 5.31. The molecule has 2 aromatic rings. The molecule has 0 fully saturated rings. The van der Waals surface area contributed by atoms with E-state index in [1.54, 1.807) is 49.5 Å². The molecule has 0 unspecified atom stereocenters. The summed E-state index contributed by atoms with van der Waals surface area (Å²) < 4.78 is 1.54. The van der Waals surface area contributed by atoms with Gasteiger partial charge in [0.1, 0.15) is 0 Å². The maximum Gasteiger partial charge on any atom is 0.256 e. The summed E-state index contributed by atoms with van der Waals surface area (Å²) in [5.41, 5.74) is 1.38. The Bertz CT molecular complexity index is 702. The smallest absolute Gasteiger partial charge is 0.256 e. The molecule has 0 atom stereocenters. The highest BCUT2D eigenvalue weighted by Gasteiger charge is 2.14. The predicted octanol–water partition coefficient (Wildman–Crippen LogP) is 3.82. The van der Waals surface area contributed by atoms with Crippen molar-refractivity contribution in [3.63, 3.8) is 0 Å². The van der Waals surface area contributed by atoms with Crippen LogP contribution in [0.5, 0.6) is 0 Å². The molecule has 0 saturated heterocycles. The molecule has 0 spiro atoms. The van der Waals surface area contributed by atoms with Crippen LogP contribution in [0.3, 0.4) is 0 Å². The van der Waals surface area contributed by atoms with E-state index in [0.717, 1.165) is 4.47 Å². The van der Waals surface area contributed by atoms with E-state index in [2.05, 4.69) is 42.5 Å². The van der Waals surface area contributed by atoms with Crippen molar-refractivity contribution in [2.45, 2.75) is 0 Å². The zero-order valence-corrected chi connectivity index (χ0v) is 14.3. The van der Waals surface area contributed by atoms with Crippen LogP contribution in [-0.2, 0) is 0 Å². The molecule has 2 rings (SSSR count). The van der Waals surface area contributed by atoms with Crippen LogP contribution in [0.25, 0.3) is 0 Å². The van der Waals surface area contributed by atoms with Crippen molar-refractivity contribution in [2.24, 2.45) is 0 Å². The number of hydrogen-bond donors (Lipinski definition) is 2. The number of rotatable bonds is 3. The van der Waals surface area contributed by atoms with Gasteiger partial charge in [0.25, 0.3) is 11.8 Å². The minimum absolute atomic E-state index is 0.249. The van der Waals surface area contributed by atoms with E-state index in [-0.39, 0.29) is 11.8 Å². The third-order valence-electron chi connectivity index (χ3n) is 2.82. The normalized spacial score (nSPS) is 10.0. The summed E-state index contributed by atoms with van der Waals surface area (Å²) >= 11 is 6.69. The molecule has 0 radical (unpaired) electrons. The largest absolute Gasteiger partial charge is 0.355 e. The Morgan fingerprint density at radius 2 is 1.67 bits per heavy atom. The summed E-state index contributed by atoms with van der Waals surface area (Å²) in [6, 6.07) is 12.1. The molecule has 0 bridgehead atoms. The van der Waals surface area contributed by atoms with Crippen LogP contribution >= 0.6 is 31.9 Å². The number of carbonyl (C=O) groups excluding carboxylic acids is 2. The van der Waals surface area contributed by atoms with Crippen molar-refractivity contribution in [2.75, 3.05) is 12.4 Å². The second-order valence-electron chi connectivity index (χ2n) is 4.20. The number of anilines is 1. The van der Waals surface area contributed by atoms with Crippen molar-refractivity contribution in [3.8, 4) is 0 Å². The van der Waals surface area contributed by atoms with E-state index in [1.165, 1.54) is 0 Å². The van der Waals surface area contributed by atoms with Crippen LogP contribution in [0.4, 0.5) is 5.69 Å². The van der Waals surface area contributed by atoms with Crippen LogP contribution < -0.4 is 10.6 Å². The van der Waals surface area contributed by atoms with E-state index < -0.39 is 0 Å². The van der Waals surface area contributed by atoms with E-state index in [0.29, 0.717) is 21.3 Å². The third-order valence-corrected chi connectivity index (χ3v) is 3.97. The van der Waals surface area contributed by atoms with E-state index in [4.69, 9.17) is 0 Å². The lowest BCUT2D eigenvalue weighted by atomic mass is 10.1. The van der Waals surface area contributed by atoms with Crippen molar-refractivity contribution >= 4 is 49.4 Å². The molecule has 2 amide bonds. The number of para-hydroxylation sites is 1. The highest BCUT2D eigenvalue weighted by molar-refractivity contribution is 9.11. The van der Waals surface area contributed by atoms with Crippen molar-refractivity contribution in [1.29, 1.82) is 0 Å². The molecule has 0 aliphatic carbocycles. The van der Waals surface area contributed by atoms with Crippen molar-refractivity contribution in [3.05, 3.63) is 62.5 Å². The Morgan fingerprint density at radius 1 is 0.952 bits per heavy atom. The fourth-order valence-corrected chi connectivity index (χ4v) is 3.02. The lowest BCUT2D eigenvalue weighted by Gasteiger charge is -2.11. The average Bonchev–Trinajstić information content (AvgIpc) is 2.46. The molecule has 0 heterocycles. The molecule has 108 valence electrons. The van der Waals surface area contributed by atoms with Gasteiger partial charge in [-0.3, -0.25) is 9.59 Å². The van der Waals surface area contributed by atoms with E-state index in [1.807, 2.05) is 0 Å². The minimum Gasteiger partial charge on any atom is -0.355 e. The van der Waals surface area contributed by atoms with Crippen molar-refractivity contribution < 1.29 is 9.59 Å². The lowest BCUT2D eigenvalue weighted by Crippen LogP contribution is -2.21. The minimum atomic E-state index is -0.286. The first kappa shape index (κ1) is 15.7. The first-order valence-corrected chi connectivity index (χ1v) is 7.69. The molecule has 21 heavy (non-hydrogen) atoms. The van der Waals surface area contributed by atoms with Gasteiger partial charge in [-0.2, -0.15) is 0 Å². The van der Waals surface area contributed by atoms with Crippen LogP contribution in [0, 0.1) is 0 Å². The SMILES string of the molecule is CNC(=O)c1ccccc1NC(=O)c1ccc(Br)cc1Br. The maximum absolute atomic E-state index is 12.3. The Morgan fingerprint density at radius 3 is 2.33 bits per heavy atom. The van der Waals surface area contributed by atoms with Gasteiger partial charge in [0.2, 0.25) is 0 Å². The van der Waals surface area contributed by atoms with Gasteiger partial charge in [0.15, 0.2) is 0 Å². The fourth-order valence-electron chi connectivity index (χ4n) is 1.79. The van der Waals surface area contributed by atoms with Crippen LogP contribution in [0.2, 0.25) is 0 Å². The quantitative estimate of drug-likeness (QED) is 0.806. The predicted molar refractivity (Wildman–Crippen MR) is 89.6 cm³/mol. The van der Waals surface area contributed by atoms with Gasteiger partial charge in [0.05, 0.1) is 16.8 Å². The Labute approximate surface area is 139 Å². The molecule has 0 aromatic heterocycles. The molecule has 0 aliphatic rings. The van der Waals surface area contributed by atoms with Gasteiger partial charge in [-0.1, -0.05) is 28.1 Å². The zero-order valence-electron chi connectivity index (χ0n) is 11.1.